The summed E-state index contributed by atoms with van der Waals surface area (Å²) in [6.07, 6.45) is 7.87. The molecule has 0 bridgehead atoms. The number of hydrogen-bond acceptors (Lipinski definition) is 13. The minimum absolute atomic E-state index is 0.0209. The standard InChI is InChI=1S/C53H72N10O7S/c1-35-48(71-34-58-35)38-20-18-36(19-21-38)26-54-51(69)44-24-41(64)32-63(44)52(70)49(53(2,3)4)60-46(66)16-10-8-6-5-7-9-11-17-47(67)62-29-40(30-62)59-45-25-43(56-33-57-45)50(68)55-27-42(65)31-61-23-22-37-14-12-13-15-39(37)28-61/h12-15,18-21,25,33-34,40-42,44,49,64-65H,5-11,16-17,22-24,26-32H2,1-4H3,(H,54,69)(H,55,68)(H,60,66)(H,56,57,59)/t41-,42+,44+,49-/m1/s1. The van der Waals surface area contributed by atoms with E-state index in [0.29, 0.717) is 38.3 Å². The van der Waals surface area contributed by atoms with Gasteiger partial charge in [0.25, 0.3) is 5.91 Å². The number of benzene rings is 2. The number of thiazole rings is 1. The minimum Gasteiger partial charge on any atom is -0.391 e. The van der Waals surface area contributed by atoms with Crippen molar-refractivity contribution >= 4 is 46.7 Å². The lowest BCUT2D eigenvalue weighted by Gasteiger charge is -2.40. The molecule has 5 heterocycles. The van der Waals surface area contributed by atoms with Gasteiger partial charge in [-0.25, -0.2) is 15.0 Å². The van der Waals surface area contributed by atoms with Crippen molar-refractivity contribution in [3.8, 4) is 10.4 Å². The molecule has 4 atom stereocenters. The van der Waals surface area contributed by atoms with Crippen LogP contribution in [0.3, 0.4) is 0 Å². The first-order chi connectivity index (χ1) is 34.1. The molecular formula is C53H72N10O7S. The average Bonchev–Trinajstić information content (AvgIpc) is 3.96. The summed E-state index contributed by atoms with van der Waals surface area (Å²) in [6.45, 7) is 11.2. The zero-order valence-electron chi connectivity index (χ0n) is 41.7. The van der Waals surface area contributed by atoms with Crippen LogP contribution in [0.5, 0.6) is 0 Å². The van der Waals surface area contributed by atoms with Crippen LogP contribution < -0.4 is 21.3 Å². The maximum absolute atomic E-state index is 14.0. The van der Waals surface area contributed by atoms with Crippen LogP contribution in [-0.4, -0.2) is 139 Å². The van der Waals surface area contributed by atoms with E-state index in [2.05, 4.69) is 59.3 Å². The second kappa shape index (κ2) is 25.0. The van der Waals surface area contributed by atoms with Gasteiger partial charge in [0.1, 0.15) is 29.9 Å². The van der Waals surface area contributed by atoms with Crippen LogP contribution in [0, 0.1) is 12.3 Å². The Bertz CT molecular complexity index is 2440. The molecule has 4 aromatic rings. The molecule has 0 spiro atoms. The Morgan fingerprint density at radius 2 is 1.56 bits per heavy atom. The summed E-state index contributed by atoms with van der Waals surface area (Å²) in [7, 11) is 0. The van der Waals surface area contributed by atoms with E-state index in [4.69, 9.17) is 0 Å². The number of β-amino-alcohol motifs (C(OH)–C–C–N with tert-alkyl or cyclic N) is 2. The van der Waals surface area contributed by atoms with Crippen molar-refractivity contribution in [2.24, 2.45) is 5.41 Å². The van der Waals surface area contributed by atoms with Crippen LogP contribution in [0.2, 0.25) is 0 Å². The van der Waals surface area contributed by atoms with Crippen LogP contribution >= 0.6 is 11.3 Å². The molecule has 382 valence electrons. The van der Waals surface area contributed by atoms with Crippen molar-refractivity contribution in [2.75, 3.05) is 44.6 Å². The molecule has 71 heavy (non-hydrogen) atoms. The van der Waals surface area contributed by atoms with E-state index >= 15 is 0 Å². The molecule has 3 aliphatic rings. The minimum atomic E-state index is -0.867. The molecular weight excluding hydrogens is 921 g/mol. The number of aliphatic hydroxyl groups is 2. The highest BCUT2D eigenvalue weighted by atomic mass is 32.1. The molecule has 6 N–H and O–H groups in total. The molecule has 0 radical (unpaired) electrons. The maximum Gasteiger partial charge on any atom is 0.270 e. The van der Waals surface area contributed by atoms with Gasteiger partial charge in [-0.3, -0.25) is 28.9 Å². The number of aliphatic hydroxyl groups excluding tert-OH is 2. The van der Waals surface area contributed by atoms with Crippen LogP contribution in [0.1, 0.15) is 118 Å². The highest BCUT2D eigenvalue weighted by molar-refractivity contribution is 7.13. The fourth-order valence-corrected chi connectivity index (χ4v) is 10.3. The van der Waals surface area contributed by atoms with Gasteiger partial charge in [0.05, 0.1) is 34.3 Å². The van der Waals surface area contributed by atoms with Gasteiger partial charge in [0.2, 0.25) is 23.6 Å². The van der Waals surface area contributed by atoms with Crippen molar-refractivity contribution in [3.05, 3.63) is 94.5 Å². The summed E-state index contributed by atoms with van der Waals surface area (Å²) < 4.78 is 0. The van der Waals surface area contributed by atoms with Crippen LogP contribution in [0.15, 0.2) is 66.4 Å². The zero-order valence-corrected chi connectivity index (χ0v) is 42.5. The first kappa shape index (κ1) is 53.0. The second-order valence-electron chi connectivity index (χ2n) is 20.5. The summed E-state index contributed by atoms with van der Waals surface area (Å²) in [5, 5.41) is 33.2. The highest BCUT2D eigenvalue weighted by Gasteiger charge is 2.44. The molecule has 2 aromatic heterocycles. The number of amides is 5. The second-order valence-corrected chi connectivity index (χ2v) is 21.3. The largest absolute Gasteiger partial charge is 0.391 e. The fraction of sp³-hybridized carbons (Fsp3) is 0.547. The number of carbonyl (C=O) groups is 5. The summed E-state index contributed by atoms with van der Waals surface area (Å²) in [6, 6.07) is 16.2. The van der Waals surface area contributed by atoms with Crippen molar-refractivity contribution in [3.63, 3.8) is 0 Å². The smallest absolute Gasteiger partial charge is 0.270 e. The van der Waals surface area contributed by atoms with Gasteiger partial charge in [-0.2, -0.15) is 0 Å². The summed E-state index contributed by atoms with van der Waals surface area (Å²) >= 11 is 1.58. The molecule has 2 aromatic carbocycles. The van der Waals surface area contributed by atoms with Crippen molar-refractivity contribution in [1.82, 2.24) is 45.6 Å². The lowest BCUT2D eigenvalue weighted by atomic mass is 9.85. The molecule has 2 fully saturated rings. The predicted molar refractivity (Wildman–Crippen MR) is 273 cm³/mol. The van der Waals surface area contributed by atoms with Crippen molar-refractivity contribution in [1.29, 1.82) is 0 Å². The van der Waals surface area contributed by atoms with E-state index in [9.17, 15) is 34.2 Å². The summed E-state index contributed by atoms with van der Waals surface area (Å²) in [5.41, 5.74) is 6.95. The Labute approximate surface area is 421 Å². The number of anilines is 1. The third-order valence-electron chi connectivity index (χ3n) is 13.7. The Morgan fingerprint density at radius 1 is 0.859 bits per heavy atom. The molecule has 0 saturated carbocycles. The third-order valence-corrected chi connectivity index (χ3v) is 14.6. The van der Waals surface area contributed by atoms with E-state index in [1.165, 1.54) is 22.4 Å². The molecule has 17 nitrogen and oxygen atoms in total. The van der Waals surface area contributed by atoms with Crippen molar-refractivity contribution in [2.45, 2.75) is 142 Å². The SMILES string of the molecule is Cc1ncsc1-c1ccc(CNC(=O)[C@@H]2C[C@@H](O)CN2C(=O)[C@@H](NC(=O)CCCCCCCCCC(=O)N2CC(Nc3cc(C(=O)NC[C@H](O)CN4CCc5ccccc5C4)ncn3)C2)C(C)(C)C)cc1. The number of fused-ring (bicyclic) bond motifs is 1. The Hall–Kier alpha value is -5.82. The highest BCUT2D eigenvalue weighted by Crippen LogP contribution is 2.29. The van der Waals surface area contributed by atoms with E-state index < -0.39 is 29.7 Å². The number of carbonyl (C=O) groups excluding carboxylic acids is 5. The first-order valence-corrected chi connectivity index (χ1v) is 26.2. The maximum atomic E-state index is 14.0. The van der Waals surface area contributed by atoms with Gasteiger partial charge in [-0.15, -0.1) is 11.3 Å². The van der Waals surface area contributed by atoms with Gasteiger partial charge in [0.15, 0.2) is 0 Å². The van der Waals surface area contributed by atoms with E-state index in [0.717, 1.165) is 79.7 Å². The zero-order chi connectivity index (χ0) is 50.5. The molecule has 3 aliphatic heterocycles. The fourth-order valence-electron chi connectivity index (χ4n) is 9.53. The van der Waals surface area contributed by atoms with Gasteiger partial charge in [-0.05, 0) is 53.9 Å². The van der Waals surface area contributed by atoms with Gasteiger partial charge < -0.3 is 41.3 Å². The number of unbranched alkanes of at least 4 members (excludes halogenated alkanes) is 6. The molecule has 0 unspecified atom stereocenters. The van der Waals surface area contributed by atoms with E-state index in [1.54, 1.807) is 17.4 Å². The quantitative estimate of drug-likeness (QED) is 0.0541. The molecule has 7 rings (SSSR count). The predicted octanol–water partition coefficient (Wildman–Crippen LogP) is 5.00. The number of hydrogen-bond donors (Lipinski definition) is 6. The number of nitrogens with zero attached hydrogens (tertiary/aromatic N) is 6. The van der Waals surface area contributed by atoms with E-state index in [-0.39, 0.29) is 73.7 Å². The van der Waals surface area contributed by atoms with E-state index in [1.807, 2.05) is 68.4 Å². The Balaban J connectivity index is 0.724. The molecule has 0 aliphatic carbocycles. The molecule has 2 saturated heterocycles. The van der Waals surface area contributed by atoms with Crippen LogP contribution in [-0.2, 0) is 38.7 Å². The number of aromatic nitrogens is 3. The van der Waals surface area contributed by atoms with Gasteiger partial charge in [-0.1, -0.05) is 101 Å². The molecule has 5 amide bonds. The van der Waals surface area contributed by atoms with Gasteiger partial charge >= 0.3 is 0 Å². The summed E-state index contributed by atoms with van der Waals surface area (Å²) in [5.74, 6) is -0.693. The van der Waals surface area contributed by atoms with Crippen LogP contribution in [0.4, 0.5) is 5.82 Å². The first-order valence-electron chi connectivity index (χ1n) is 25.3. The van der Waals surface area contributed by atoms with Crippen molar-refractivity contribution < 1.29 is 34.2 Å². The molecule has 18 heteroatoms. The Kier molecular flexibility index (Phi) is 18.7. The number of likely N-dealkylation sites (tertiary alicyclic amines) is 2. The Morgan fingerprint density at radius 3 is 2.27 bits per heavy atom. The average molecular weight is 993 g/mol. The lowest BCUT2D eigenvalue weighted by Crippen LogP contribution is -2.57. The summed E-state index contributed by atoms with van der Waals surface area (Å²) in [4.78, 5) is 85.6. The number of nitrogens with one attached hydrogen (secondary N) is 4. The van der Waals surface area contributed by atoms with Gasteiger partial charge in [0, 0.05) is 77.7 Å². The number of rotatable bonds is 23. The topological polar surface area (TPSA) is 222 Å². The van der Waals surface area contributed by atoms with Crippen LogP contribution in [0.25, 0.3) is 10.4 Å². The normalized spacial score (nSPS) is 18.0. The monoisotopic (exact) mass is 993 g/mol. The number of aryl methyl sites for hydroxylation is 1. The lowest BCUT2D eigenvalue weighted by molar-refractivity contribution is -0.144. The third kappa shape index (κ3) is 15.1.